The Balaban J connectivity index is 2.27. The third-order valence-corrected chi connectivity index (χ3v) is 3.99. The van der Waals surface area contributed by atoms with Crippen LogP contribution in [0.2, 0.25) is 0 Å². The molecule has 1 heterocycles. The first-order valence-electron chi connectivity index (χ1n) is 7.86. The smallest absolute Gasteiger partial charge is 0.419 e. The standard InChI is InChI=1S/C17H21F3N2O2/c1-4-22(11(2)3)9-8-12-10-21-13-6-5-7-14(15(12)13)24-16(23)17(18,19)20/h5-7,10-11,21H,4,8-9H2,1-3H3. The van der Waals surface area contributed by atoms with Gasteiger partial charge in [-0.2, -0.15) is 13.2 Å². The van der Waals surface area contributed by atoms with Crippen LogP contribution in [0.15, 0.2) is 24.4 Å². The molecular weight excluding hydrogens is 321 g/mol. The number of hydrogen-bond donors (Lipinski definition) is 1. The van der Waals surface area contributed by atoms with Gasteiger partial charge in [0.1, 0.15) is 5.75 Å². The molecule has 0 bridgehead atoms. The molecule has 0 atom stereocenters. The van der Waals surface area contributed by atoms with Gasteiger partial charge in [0.05, 0.1) is 0 Å². The van der Waals surface area contributed by atoms with Crippen molar-refractivity contribution < 1.29 is 22.7 Å². The molecule has 0 saturated heterocycles. The highest BCUT2D eigenvalue weighted by Gasteiger charge is 2.41. The zero-order valence-electron chi connectivity index (χ0n) is 13.9. The van der Waals surface area contributed by atoms with Crippen LogP contribution in [0.3, 0.4) is 0 Å². The van der Waals surface area contributed by atoms with E-state index >= 15 is 0 Å². The average Bonchev–Trinajstić information content (AvgIpc) is 2.91. The van der Waals surface area contributed by atoms with Gasteiger partial charge in [0.25, 0.3) is 0 Å². The fourth-order valence-corrected chi connectivity index (χ4v) is 2.71. The van der Waals surface area contributed by atoms with Crippen molar-refractivity contribution in [2.45, 2.75) is 39.4 Å². The maximum atomic E-state index is 12.5. The molecule has 0 aliphatic carbocycles. The van der Waals surface area contributed by atoms with Gasteiger partial charge in [0.2, 0.25) is 0 Å². The number of likely N-dealkylation sites (N-methyl/N-ethyl adjacent to an activating group) is 1. The van der Waals surface area contributed by atoms with Crippen molar-refractivity contribution in [1.82, 2.24) is 9.88 Å². The first-order chi connectivity index (χ1) is 11.2. The van der Waals surface area contributed by atoms with Crippen LogP contribution in [-0.4, -0.2) is 41.2 Å². The summed E-state index contributed by atoms with van der Waals surface area (Å²) in [6.07, 6.45) is -2.62. The normalized spacial score (nSPS) is 12.3. The Morgan fingerprint density at radius 1 is 1.33 bits per heavy atom. The molecule has 0 amide bonds. The van der Waals surface area contributed by atoms with E-state index in [1.54, 1.807) is 18.3 Å². The van der Waals surface area contributed by atoms with Crippen LogP contribution >= 0.6 is 0 Å². The van der Waals surface area contributed by atoms with E-state index in [4.69, 9.17) is 0 Å². The zero-order chi connectivity index (χ0) is 17.9. The van der Waals surface area contributed by atoms with Gasteiger partial charge >= 0.3 is 12.1 Å². The lowest BCUT2D eigenvalue weighted by atomic mass is 10.1. The molecule has 0 radical (unpaired) electrons. The van der Waals surface area contributed by atoms with Gasteiger partial charge in [-0.15, -0.1) is 0 Å². The number of nitrogens with one attached hydrogen (secondary N) is 1. The first kappa shape index (κ1) is 18.3. The number of fused-ring (bicyclic) bond motifs is 1. The molecule has 0 unspecified atom stereocenters. The van der Waals surface area contributed by atoms with Gasteiger partial charge in [-0.1, -0.05) is 13.0 Å². The van der Waals surface area contributed by atoms with E-state index in [-0.39, 0.29) is 5.75 Å². The number of H-pyrrole nitrogens is 1. The number of aromatic nitrogens is 1. The molecule has 1 aromatic carbocycles. The molecular formula is C17H21F3N2O2. The molecule has 132 valence electrons. The van der Waals surface area contributed by atoms with Crippen molar-refractivity contribution in [2.75, 3.05) is 13.1 Å². The summed E-state index contributed by atoms with van der Waals surface area (Å²) in [5.74, 6) is -2.28. The Hall–Kier alpha value is -2.02. The maximum Gasteiger partial charge on any atom is 0.491 e. The summed E-state index contributed by atoms with van der Waals surface area (Å²) in [5.41, 5.74) is 1.47. The number of esters is 1. The van der Waals surface area contributed by atoms with Crippen LogP contribution in [0, 0.1) is 0 Å². The number of carbonyl (C=O) groups is 1. The minimum absolute atomic E-state index is 0.0707. The van der Waals surface area contributed by atoms with Gasteiger partial charge in [0.15, 0.2) is 0 Å². The third-order valence-electron chi connectivity index (χ3n) is 3.99. The molecule has 0 fully saturated rings. The molecule has 24 heavy (non-hydrogen) atoms. The van der Waals surface area contributed by atoms with E-state index in [1.165, 1.54) is 6.07 Å². The van der Waals surface area contributed by atoms with Gasteiger partial charge in [-0.3, -0.25) is 0 Å². The molecule has 7 heteroatoms. The van der Waals surface area contributed by atoms with Crippen molar-refractivity contribution in [3.05, 3.63) is 30.0 Å². The lowest BCUT2D eigenvalue weighted by Gasteiger charge is -2.24. The monoisotopic (exact) mass is 342 g/mol. The topological polar surface area (TPSA) is 45.3 Å². The lowest BCUT2D eigenvalue weighted by molar-refractivity contribution is -0.189. The van der Waals surface area contributed by atoms with E-state index in [2.05, 4.69) is 35.4 Å². The van der Waals surface area contributed by atoms with Crippen LogP contribution in [0.5, 0.6) is 5.75 Å². The number of halogens is 3. The quantitative estimate of drug-likeness (QED) is 0.639. The van der Waals surface area contributed by atoms with E-state index < -0.39 is 12.1 Å². The van der Waals surface area contributed by atoms with Crippen molar-refractivity contribution in [3.63, 3.8) is 0 Å². The maximum absolute atomic E-state index is 12.5. The average molecular weight is 342 g/mol. The molecule has 2 aromatic rings. The number of carbonyl (C=O) groups excluding carboxylic acids is 1. The largest absolute Gasteiger partial charge is 0.491 e. The van der Waals surface area contributed by atoms with Crippen LogP contribution in [0.4, 0.5) is 13.2 Å². The van der Waals surface area contributed by atoms with Crippen molar-refractivity contribution in [1.29, 1.82) is 0 Å². The van der Waals surface area contributed by atoms with Crippen LogP contribution < -0.4 is 4.74 Å². The Morgan fingerprint density at radius 2 is 2.04 bits per heavy atom. The summed E-state index contributed by atoms with van der Waals surface area (Å²) < 4.78 is 42.0. The highest BCUT2D eigenvalue weighted by molar-refractivity contribution is 5.92. The van der Waals surface area contributed by atoms with E-state index in [0.29, 0.717) is 23.4 Å². The van der Waals surface area contributed by atoms with Crippen LogP contribution in [-0.2, 0) is 11.2 Å². The Labute approximate surface area is 138 Å². The second-order valence-corrected chi connectivity index (χ2v) is 5.85. The molecule has 1 N–H and O–H groups in total. The van der Waals surface area contributed by atoms with Crippen molar-refractivity contribution >= 4 is 16.9 Å². The van der Waals surface area contributed by atoms with Gasteiger partial charge in [-0.25, -0.2) is 4.79 Å². The highest BCUT2D eigenvalue weighted by Crippen LogP contribution is 2.31. The van der Waals surface area contributed by atoms with Gasteiger partial charge in [0, 0.05) is 29.7 Å². The number of hydrogen-bond acceptors (Lipinski definition) is 3. The van der Waals surface area contributed by atoms with Crippen LogP contribution in [0.1, 0.15) is 26.3 Å². The van der Waals surface area contributed by atoms with Gasteiger partial charge in [-0.05, 0) is 44.5 Å². The Morgan fingerprint density at radius 3 is 2.62 bits per heavy atom. The zero-order valence-corrected chi connectivity index (χ0v) is 13.9. The predicted molar refractivity (Wildman–Crippen MR) is 86.1 cm³/mol. The number of rotatable bonds is 6. The number of benzene rings is 1. The summed E-state index contributed by atoms with van der Waals surface area (Å²) >= 11 is 0. The summed E-state index contributed by atoms with van der Waals surface area (Å²) in [6, 6.07) is 5.05. The SMILES string of the molecule is CCN(CCc1c[nH]c2cccc(OC(=O)C(F)(F)F)c12)C(C)C. The Bertz CT molecular complexity index is 707. The number of alkyl halides is 3. The second kappa shape index (κ2) is 7.25. The first-order valence-corrected chi connectivity index (χ1v) is 7.86. The minimum Gasteiger partial charge on any atom is -0.419 e. The molecule has 2 rings (SSSR count). The van der Waals surface area contributed by atoms with Crippen molar-refractivity contribution in [2.24, 2.45) is 0 Å². The lowest BCUT2D eigenvalue weighted by Crippen LogP contribution is -2.32. The van der Waals surface area contributed by atoms with E-state index in [0.717, 1.165) is 18.7 Å². The van der Waals surface area contributed by atoms with Gasteiger partial charge < -0.3 is 14.6 Å². The Kier molecular flexibility index (Phi) is 5.54. The predicted octanol–water partition coefficient (Wildman–Crippen LogP) is 3.91. The molecule has 0 saturated carbocycles. The minimum atomic E-state index is -5.02. The fraction of sp³-hybridized carbons (Fsp3) is 0.471. The molecule has 0 spiro atoms. The van der Waals surface area contributed by atoms with E-state index in [1.807, 2.05) is 0 Å². The molecule has 4 nitrogen and oxygen atoms in total. The summed E-state index contributed by atoms with van der Waals surface area (Å²) in [5, 5.41) is 0.523. The summed E-state index contributed by atoms with van der Waals surface area (Å²) in [6.45, 7) is 7.90. The fourth-order valence-electron chi connectivity index (χ4n) is 2.71. The van der Waals surface area contributed by atoms with E-state index in [9.17, 15) is 18.0 Å². The van der Waals surface area contributed by atoms with Crippen molar-refractivity contribution in [3.8, 4) is 5.75 Å². The molecule has 0 aliphatic heterocycles. The number of ether oxygens (including phenoxy) is 1. The molecule has 0 aliphatic rings. The highest BCUT2D eigenvalue weighted by atomic mass is 19.4. The summed E-state index contributed by atoms with van der Waals surface area (Å²) in [4.78, 5) is 16.4. The second-order valence-electron chi connectivity index (χ2n) is 5.85. The number of nitrogens with zero attached hydrogens (tertiary/aromatic N) is 1. The summed E-state index contributed by atoms with van der Waals surface area (Å²) in [7, 11) is 0. The van der Waals surface area contributed by atoms with Crippen LogP contribution in [0.25, 0.3) is 10.9 Å². The third kappa shape index (κ3) is 4.08. The molecule has 1 aromatic heterocycles. The number of aromatic amines is 1.